The monoisotopic (exact) mass is 491 g/mol. The standard InChI is InChI=1S/C23H34F5N5O/c1-5-7-9-11-32(12-10-8-6-2)15-17(4)30-21(34)18-14-20-29-16(3)13-19(33(20)31-18)22(24,25)23(26,27)28/h13-14,17H,5-12,15H2,1-4H3,(H,30,34). The normalized spacial score (nSPS) is 13.6. The third kappa shape index (κ3) is 7.10. The second-order valence-electron chi connectivity index (χ2n) is 8.74. The zero-order valence-corrected chi connectivity index (χ0v) is 20.2. The minimum Gasteiger partial charge on any atom is -0.347 e. The predicted octanol–water partition coefficient (Wildman–Crippen LogP) is 5.49. The van der Waals surface area contributed by atoms with Crippen LogP contribution in [0.15, 0.2) is 12.1 Å². The number of hydrogen-bond donors (Lipinski definition) is 1. The number of carbonyl (C=O) groups is 1. The van der Waals surface area contributed by atoms with Crippen molar-refractivity contribution < 1.29 is 26.7 Å². The van der Waals surface area contributed by atoms with Crippen LogP contribution < -0.4 is 5.32 Å². The molecule has 0 saturated heterocycles. The van der Waals surface area contributed by atoms with Gasteiger partial charge in [-0.25, -0.2) is 9.50 Å². The Morgan fingerprint density at radius 2 is 1.65 bits per heavy atom. The van der Waals surface area contributed by atoms with Gasteiger partial charge < -0.3 is 10.2 Å². The SMILES string of the molecule is CCCCCN(CCCCC)CC(C)NC(=O)c1cc2nc(C)cc(C(F)(F)C(F)(F)F)n2n1. The lowest BCUT2D eigenvalue weighted by atomic mass is 10.2. The van der Waals surface area contributed by atoms with Crippen LogP contribution in [0.2, 0.25) is 0 Å². The Labute approximate surface area is 196 Å². The summed E-state index contributed by atoms with van der Waals surface area (Å²) in [5.74, 6) is -5.80. The van der Waals surface area contributed by atoms with Gasteiger partial charge in [0, 0.05) is 24.3 Å². The lowest BCUT2D eigenvalue weighted by Crippen LogP contribution is -2.42. The molecule has 34 heavy (non-hydrogen) atoms. The molecule has 1 N–H and O–H groups in total. The van der Waals surface area contributed by atoms with Gasteiger partial charge in [0.2, 0.25) is 0 Å². The van der Waals surface area contributed by atoms with E-state index in [1.54, 1.807) is 0 Å². The van der Waals surface area contributed by atoms with Gasteiger partial charge in [0.1, 0.15) is 5.69 Å². The lowest BCUT2D eigenvalue weighted by Gasteiger charge is -2.26. The van der Waals surface area contributed by atoms with Crippen LogP contribution in [0.5, 0.6) is 0 Å². The molecule has 2 rings (SSSR count). The van der Waals surface area contributed by atoms with Crippen LogP contribution in [0, 0.1) is 6.92 Å². The van der Waals surface area contributed by atoms with Crippen molar-refractivity contribution in [2.75, 3.05) is 19.6 Å². The molecule has 0 spiro atoms. The first-order valence-electron chi connectivity index (χ1n) is 11.8. The molecular formula is C23H34F5N5O. The number of unbranched alkanes of at least 4 members (excludes halogenated alkanes) is 4. The van der Waals surface area contributed by atoms with Crippen LogP contribution in [-0.4, -0.2) is 57.3 Å². The number of fused-ring (bicyclic) bond motifs is 1. The van der Waals surface area contributed by atoms with Gasteiger partial charge in [0.25, 0.3) is 5.91 Å². The Bertz CT molecular complexity index is 934. The fourth-order valence-electron chi connectivity index (χ4n) is 3.78. The molecule has 1 unspecified atom stereocenters. The van der Waals surface area contributed by atoms with Gasteiger partial charge in [-0.3, -0.25) is 4.79 Å². The van der Waals surface area contributed by atoms with Crippen LogP contribution in [-0.2, 0) is 5.92 Å². The Morgan fingerprint density at radius 1 is 1.06 bits per heavy atom. The number of aryl methyl sites for hydroxylation is 1. The highest BCUT2D eigenvalue weighted by atomic mass is 19.4. The largest absolute Gasteiger partial charge is 0.459 e. The first-order valence-corrected chi connectivity index (χ1v) is 11.8. The van der Waals surface area contributed by atoms with Crippen molar-refractivity contribution in [1.82, 2.24) is 24.8 Å². The van der Waals surface area contributed by atoms with Crippen molar-refractivity contribution in [3.8, 4) is 0 Å². The fourth-order valence-corrected chi connectivity index (χ4v) is 3.78. The first kappa shape index (κ1) is 27.9. The number of amides is 1. The van der Waals surface area contributed by atoms with E-state index < -0.39 is 23.7 Å². The van der Waals surface area contributed by atoms with Crippen LogP contribution in [0.3, 0.4) is 0 Å². The highest BCUT2D eigenvalue weighted by molar-refractivity contribution is 5.93. The molecule has 2 aromatic rings. The molecule has 0 aliphatic rings. The minimum atomic E-state index is -5.81. The zero-order chi connectivity index (χ0) is 25.5. The Hall–Kier alpha value is -2.30. The molecule has 0 saturated carbocycles. The van der Waals surface area contributed by atoms with Crippen LogP contribution >= 0.6 is 0 Å². The Morgan fingerprint density at radius 3 is 2.18 bits per heavy atom. The second-order valence-corrected chi connectivity index (χ2v) is 8.74. The molecule has 0 aliphatic heterocycles. The average molecular weight is 492 g/mol. The van der Waals surface area contributed by atoms with E-state index in [1.165, 1.54) is 6.92 Å². The highest BCUT2D eigenvalue weighted by Gasteiger charge is 2.60. The molecule has 0 aromatic carbocycles. The molecule has 2 aromatic heterocycles. The quantitative estimate of drug-likeness (QED) is 0.297. The van der Waals surface area contributed by atoms with Crippen molar-refractivity contribution >= 4 is 11.6 Å². The summed E-state index contributed by atoms with van der Waals surface area (Å²) in [6, 6.07) is 1.47. The zero-order valence-electron chi connectivity index (χ0n) is 20.2. The number of aromatic nitrogens is 3. The number of rotatable bonds is 13. The topological polar surface area (TPSA) is 62.5 Å². The molecule has 0 radical (unpaired) electrons. The molecule has 6 nitrogen and oxygen atoms in total. The number of halogens is 5. The van der Waals surface area contributed by atoms with Crippen LogP contribution in [0.4, 0.5) is 22.0 Å². The van der Waals surface area contributed by atoms with E-state index in [2.05, 4.69) is 34.1 Å². The van der Waals surface area contributed by atoms with Gasteiger partial charge in [-0.05, 0) is 45.8 Å². The summed E-state index contributed by atoms with van der Waals surface area (Å²) in [5.41, 5.74) is -1.95. The third-order valence-electron chi connectivity index (χ3n) is 5.53. The van der Waals surface area contributed by atoms with Gasteiger partial charge >= 0.3 is 12.1 Å². The van der Waals surface area contributed by atoms with Crippen LogP contribution in [0.25, 0.3) is 5.65 Å². The summed E-state index contributed by atoms with van der Waals surface area (Å²) < 4.78 is 67.4. The molecule has 192 valence electrons. The van der Waals surface area contributed by atoms with Crippen molar-refractivity contribution in [1.29, 1.82) is 0 Å². The number of hydrogen-bond acceptors (Lipinski definition) is 4. The smallest absolute Gasteiger partial charge is 0.347 e. The van der Waals surface area contributed by atoms with Gasteiger partial charge in [-0.15, -0.1) is 0 Å². The summed E-state index contributed by atoms with van der Waals surface area (Å²) in [7, 11) is 0. The minimum absolute atomic E-state index is 0.0403. The molecular weight excluding hydrogens is 457 g/mol. The number of carbonyl (C=O) groups excluding carboxylic acids is 1. The van der Waals surface area contributed by atoms with E-state index in [0.717, 1.165) is 57.7 Å². The number of alkyl halides is 5. The van der Waals surface area contributed by atoms with E-state index in [1.807, 2.05) is 6.92 Å². The summed E-state index contributed by atoms with van der Waals surface area (Å²) in [4.78, 5) is 19.0. The molecule has 1 atom stereocenters. The summed E-state index contributed by atoms with van der Waals surface area (Å²) >= 11 is 0. The average Bonchev–Trinajstić information content (AvgIpc) is 3.16. The van der Waals surface area contributed by atoms with Crippen molar-refractivity contribution in [3.05, 3.63) is 29.2 Å². The van der Waals surface area contributed by atoms with E-state index >= 15 is 0 Å². The number of nitrogens with one attached hydrogen (secondary N) is 1. The fraction of sp³-hybridized carbons (Fsp3) is 0.696. The lowest BCUT2D eigenvalue weighted by molar-refractivity contribution is -0.291. The maximum atomic E-state index is 14.1. The van der Waals surface area contributed by atoms with Crippen molar-refractivity contribution in [2.45, 2.75) is 84.4 Å². The molecule has 11 heteroatoms. The molecule has 0 aliphatic carbocycles. The molecule has 1 amide bonds. The Balaban J connectivity index is 2.17. The highest BCUT2D eigenvalue weighted by Crippen LogP contribution is 2.43. The van der Waals surface area contributed by atoms with E-state index in [4.69, 9.17) is 0 Å². The second kappa shape index (κ2) is 11.9. The summed E-state index contributed by atoms with van der Waals surface area (Å²) in [6.07, 6.45) is 0.731. The van der Waals surface area contributed by atoms with Crippen molar-refractivity contribution in [2.24, 2.45) is 0 Å². The van der Waals surface area contributed by atoms with E-state index in [-0.39, 0.29) is 23.1 Å². The summed E-state index contributed by atoms with van der Waals surface area (Å²) in [5, 5.41) is 6.51. The molecule has 2 heterocycles. The van der Waals surface area contributed by atoms with Crippen molar-refractivity contribution in [3.63, 3.8) is 0 Å². The third-order valence-corrected chi connectivity index (χ3v) is 5.53. The van der Waals surface area contributed by atoms with Gasteiger partial charge in [0.15, 0.2) is 11.3 Å². The Kier molecular flexibility index (Phi) is 9.78. The first-order chi connectivity index (χ1) is 15.9. The van der Waals surface area contributed by atoms with Crippen LogP contribution in [0.1, 0.15) is 81.2 Å². The maximum absolute atomic E-state index is 14.1. The molecule has 0 fully saturated rings. The predicted molar refractivity (Wildman–Crippen MR) is 120 cm³/mol. The number of nitrogens with zero attached hydrogens (tertiary/aromatic N) is 4. The van der Waals surface area contributed by atoms with Gasteiger partial charge in [-0.2, -0.15) is 27.1 Å². The van der Waals surface area contributed by atoms with Gasteiger partial charge in [0.05, 0.1) is 0 Å². The van der Waals surface area contributed by atoms with E-state index in [0.29, 0.717) is 17.1 Å². The molecule has 0 bridgehead atoms. The van der Waals surface area contributed by atoms with E-state index in [9.17, 15) is 26.7 Å². The maximum Gasteiger partial charge on any atom is 0.459 e. The summed E-state index contributed by atoms with van der Waals surface area (Å²) in [6.45, 7) is 9.80. The van der Waals surface area contributed by atoms with Gasteiger partial charge in [-0.1, -0.05) is 39.5 Å².